The lowest BCUT2D eigenvalue weighted by molar-refractivity contribution is -0.463. The summed E-state index contributed by atoms with van der Waals surface area (Å²) in [6.07, 6.45) is 10.8. The smallest absolute Gasteiger partial charge is 0.430 e. The van der Waals surface area contributed by atoms with Crippen molar-refractivity contribution in [2.45, 2.75) is 168 Å². The number of allylic oxidation sites excluding steroid dienone is 1. The number of hydrogen-bond donors (Lipinski definition) is 5. The number of esters is 1. The molecular formula is C43H71F6N5O7. The number of carbonyl (C=O) groups is 4. The number of carboxylic acid groups (broad SMARTS) is 2. The lowest BCUT2D eigenvalue weighted by atomic mass is 9.47. The molecule has 3 saturated carbocycles. The summed E-state index contributed by atoms with van der Waals surface area (Å²) in [4.78, 5) is 45.5. The molecule has 0 bridgehead atoms. The normalized spacial score (nSPS) is 27.8. The fraction of sp³-hybridized carbons (Fsp3) is 0.837. The molecule has 352 valence electrons. The van der Waals surface area contributed by atoms with Gasteiger partial charge in [0.1, 0.15) is 18.0 Å². The summed E-state index contributed by atoms with van der Waals surface area (Å²) in [6, 6.07) is -0.292. The zero-order valence-corrected chi connectivity index (χ0v) is 36.6. The Kier molecular flexibility index (Phi) is 20.9. The Morgan fingerprint density at radius 1 is 0.869 bits per heavy atom. The first-order valence-electron chi connectivity index (χ1n) is 21.9. The number of quaternary nitrogens is 1. The fourth-order valence-corrected chi connectivity index (χ4v) is 10.6. The van der Waals surface area contributed by atoms with Gasteiger partial charge >= 0.3 is 24.3 Å². The zero-order chi connectivity index (χ0) is 46.3. The number of nitrogens with two attached hydrogens (primary N) is 2. The van der Waals surface area contributed by atoms with E-state index in [0.29, 0.717) is 31.3 Å². The van der Waals surface area contributed by atoms with Gasteiger partial charge in [-0.3, -0.25) is 26.0 Å². The molecule has 4 aliphatic rings. The molecule has 12 nitrogen and oxygen atoms in total. The Hall–Kier alpha value is -3.57. The first-order chi connectivity index (χ1) is 28.2. The SMILES string of the molecule is CC(C)CCC[C@@H](C)[C@H]1CC[C@H]2[C@@H]3CC=C4C[C@@H](OC(=O)CCCCCNC(=O)[C@@H]([NH3+])CCC[NH+]=C(N)N)CC[C@]4(C)[C@H]3CC[C@]12C.O=C([O-])C(F)(F)F.O=C([O-])C(F)(F)F. The van der Waals surface area contributed by atoms with Crippen LogP contribution < -0.4 is 37.7 Å². The minimum atomic E-state index is -5.19. The fourth-order valence-electron chi connectivity index (χ4n) is 10.6. The summed E-state index contributed by atoms with van der Waals surface area (Å²) in [5, 5.41) is 20.5. The number of fused-ring (bicyclic) bond motifs is 5. The van der Waals surface area contributed by atoms with Crippen molar-refractivity contribution in [3.63, 3.8) is 0 Å². The van der Waals surface area contributed by atoms with Crippen molar-refractivity contribution in [1.82, 2.24) is 5.32 Å². The third-order valence-electron chi connectivity index (χ3n) is 13.8. The molecule has 18 heteroatoms. The number of hydrogen-bond acceptors (Lipinski definition) is 7. The summed E-state index contributed by atoms with van der Waals surface area (Å²) < 4.78 is 69.1. The van der Waals surface area contributed by atoms with E-state index in [4.69, 9.17) is 36.0 Å². The van der Waals surface area contributed by atoms with Crippen LogP contribution in [0.2, 0.25) is 0 Å². The Balaban J connectivity index is 0.000000784. The van der Waals surface area contributed by atoms with Crippen LogP contribution in [0, 0.1) is 46.3 Å². The number of rotatable bonds is 17. The van der Waals surface area contributed by atoms with Gasteiger partial charge in [-0.2, -0.15) is 26.3 Å². The van der Waals surface area contributed by atoms with E-state index in [-0.39, 0.29) is 35.4 Å². The number of amides is 1. The number of carbonyl (C=O) groups excluding carboxylic acids is 4. The number of ether oxygens (including phenoxy) is 1. The minimum Gasteiger partial charge on any atom is -0.542 e. The Bertz CT molecular complexity index is 1480. The molecule has 9 N–H and O–H groups in total. The van der Waals surface area contributed by atoms with Crippen molar-refractivity contribution in [1.29, 1.82) is 0 Å². The summed E-state index contributed by atoms with van der Waals surface area (Å²) in [5.41, 5.74) is 17.1. The van der Waals surface area contributed by atoms with Gasteiger partial charge in [-0.05, 0) is 111 Å². The van der Waals surface area contributed by atoms with Gasteiger partial charge in [0, 0.05) is 25.8 Å². The van der Waals surface area contributed by atoms with Crippen LogP contribution in [0.4, 0.5) is 26.3 Å². The number of guanidine groups is 1. The van der Waals surface area contributed by atoms with E-state index in [0.717, 1.165) is 80.5 Å². The van der Waals surface area contributed by atoms with Gasteiger partial charge in [0.15, 0.2) is 6.04 Å². The highest BCUT2D eigenvalue weighted by molar-refractivity contribution is 5.80. The molecule has 4 aliphatic carbocycles. The number of halogens is 6. The zero-order valence-electron chi connectivity index (χ0n) is 36.6. The molecule has 0 spiro atoms. The van der Waals surface area contributed by atoms with Crippen LogP contribution in [0.25, 0.3) is 0 Å². The molecule has 0 radical (unpaired) electrons. The van der Waals surface area contributed by atoms with Crippen molar-refractivity contribution in [3.8, 4) is 0 Å². The molecule has 9 atom stereocenters. The predicted molar refractivity (Wildman–Crippen MR) is 212 cm³/mol. The molecule has 0 aromatic rings. The molecule has 0 heterocycles. The third kappa shape index (κ3) is 16.6. The largest absolute Gasteiger partial charge is 0.542 e. The maximum atomic E-state index is 12.8. The van der Waals surface area contributed by atoms with E-state index in [1.807, 2.05) is 0 Å². The lowest BCUT2D eigenvalue weighted by Gasteiger charge is -2.58. The highest BCUT2D eigenvalue weighted by atomic mass is 19.4. The maximum Gasteiger partial charge on any atom is 0.430 e. The van der Waals surface area contributed by atoms with Gasteiger partial charge < -0.3 is 35.6 Å². The molecule has 0 saturated heterocycles. The van der Waals surface area contributed by atoms with E-state index in [9.17, 15) is 35.9 Å². The molecular weight excluding hydrogens is 812 g/mol. The third-order valence-corrected chi connectivity index (χ3v) is 13.8. The molecule has 0 aliphatic heterocycles. The van der Waals surface area contributed by atoms with E-state index in [1.54, 1.807) is 5.57 Å². The number of aliphatic carboxylic acids is 2. The monoisotopic (exact) mass is 884 g/mol. The second-order valence-corrected chi connectivity index (χ2v) is 18.5. The second kappa shape index (κ2) is 23.8. The van der Waals surface area contributed by atoms with Gasteiger partial charge in [0.25, 0.3) is 5.91 Å². The van der Waals surface area contributed by atoms with E-state index in [1.165, 1.54) is 51.4 Å². The van der Waals surface area contributed by atoms with Crippen molar-refractivity contribution >= 4 is 29.8 Å². The van der Waals surface area contributed by atoms with Crippen LogP contribution in [0.5, 0.6) is 0 Å². The van der Waals surface area contributed by atoms with Crippen LogP contribution >= 0.6 is 0 Å². The average molecular weight is 884 g/mol. The molecule has 61 heavy (non-hydrogen) atoms. The van der Waals surface area contributed by atoms with Crippen molar-refractivity contribution in [2.24, 2.45) is 57.8 Å². The molecule has 1 amide bonds. The van der Waals surface area contributed by atoms with E-state index < -0.39 is 24.3 Å². The first-order valence-corrected chi connectivity index (χ1v) is 21.9. The first kappa shape index (κ1) is 53.6. The second-order valence-electron chi connectivity index (χ2n) is 18.5. The van der Waals surface area contributed by atoms with Crippen LogP contribution in [0.15, 0.2) is 11.6 Å². The van der Waals surface area contributed by atoms with Crippen molar-refractivity contribution in [3.05, 3.63) is 11.6 Å². The van der Waals surface area contributed by atoms with Crippen LogP contribution in [0.1, 0.15) is 144 Å². The van der Waals surface area contributed by atoms with Crippen LogP contribution in [0.3, 0.4) is 0 Å². The standard InChI is InChI=1S/C39H69N5O3.2C2HF3O2/c1-26(2)11-9-12-27(3)31-17-18-32-30-16-15-28-25-29(19-21-38(28,4)33(30)20-22-39(31,32)5)47-35(45)14-7-6-8-23-43-36(46)34(40)13-10-24-44-37(41)42;2*3-2(4,5)1(6)7/h15,26-27,29-34H,6-14,16-25,40H2,1-5H3,(H,43,46)(H4,41,42,44);2*(H,6,7)/t27-,29+,30+,31-,32+,33+,34+,38+,39-;;/m1../s1. The van der Waals surface area contributed by atoms with Crippen molar-refractivity contribution in [2.75, 3.05) is 13.1 Å². The highest BCUT2D eigenvalue weighted by Gasteiger charge is 2.59. The summed E-state index contributed by atoms with van der Waals surface area (Å²) in [7, 11) is 0. The van der Waals surface area contributed by atoms with Gasteiger partial charge in [0.2, 0.25) is 0 Å². The van der Waals surface area contributed by atoms with Gasteiger partial charge in [-0.25, -0.2) is 0 Å². The summed E-state index contributed by atoms with van der Waals surface area (Å²) in [6.45, 7) is 13.8. The lowest BCUT2D eigenvalue weighted by Crippen LogP contribution is -2.78. The number of alkyl halides is 6. The van der Waals surface area contributed by atoms with Gasteiger partial charge in [-0.15, -0.1) is 0 Å². The minimum absolute atomic E-state index is 0.0254. The Labute approximate surface area is 356 Å². The summed E-state index contributed by atoms with van der Waals surface area (Å²) in [5.74, 6) is -0.851. The van der Waals surface area contributed by atoms with Crippen molar-refractivity contribution < 1.29 is 71.2 Å². The maximum absolute atomic E-state index is 12.8. The van der Waals surface area contributed by atoms with Gasteiger partial charge in [-0.1, -0.05) is 72.0 Å². The van der Waals surface area contributed by atoms with Crippen LogP contribution in [-0.2, 0) is 23.9 Å². The Morgan fingerprint density at radius 2 is 1.49 bits per heavy atom. The quantitative estimate of drug-likeness (QED) is 0.0361. The van der Waals surface area contributed by atoms with E-state index >= 15 is 0 Å². The topological polar surface area (TPSA) is 229 Å². The number of carboxylic acids is 2. The van der Waals surface area contributed by atoms with Crippen LogP contribution in [-0.4, -0.2) is 67.4 Å². The number of nitrogens with one attached hydrogen (secondary N) is 2. The highest BCUT2D eigenvalue weighted by Crippen LogP contribution is 2.67. The summed E-state index contributed by atoms with van der Waals surface area (Å²) >= 11 is 0. The van der Waals surface area contributed by atoms with Gasteiger partial charge in [0.05, 0.1) is 6.54 Å². The molecule has 0 unspecified atom stereocenters. The molecule has 4 rings (SSSR count). The molecule has 0 aromatic carbocycles. The Morgan fingerprint density at radius 3 is 2.07 bits per heavy atom. The molecule has 3 fully saturated rings. The molecule has 0 aromatic heterocycles. The average Bonchev–Trinajstić information content (AvgIpc) is 3.51. The number of unbranched alkanes of at least 4 members (excludes halogenated alkanes) is 2. The predicted octanol–water partition coefficient (Wildman–Crippen LogP) is 2.96. The van der Waals surface area contributed by atoms with E-state index in [2.05, 4.69) is 56.7 Å².